The molecule has 0 N–H and O–H groups in total. The van der Waals surface area contributed by atoms with Gasteiger partial charge in [0.25, 0.3) is 0 Å². The first-order valence-electron chi connectivity index (χ1n) is 7.79. The fraction of sp³-hybridized carbons (Fsp3) is 0.474. The monoisotopic (exact) mass is 318 g/mol. The molecule has 23 heavy (non-hydrogen) atoms. The summed E-state index contributed by atoms with van der Waals surface area (Å²) in [5.74, 6) is 0.959. The summed E-state index contributed by atoms with van der Waals surface area (Å²) in [4.78, 5) is 0. The summed E-state index contributed by atoms with van der Waals surface area (Å²) in [5.41, 5.74) is 3.42. The summed E-state index contributed by atoms with van der Waals surface area (Å²) < 4.78 is 22.5. The molecule has 2 unspecified atom stereocenters. The normalized spacial score (nSPS) is 21.3. The van der Waals surface area contributed by atoms with E-state index in [-0.39, 0.29) is 12.0 Å². The average Bonchev–Trinajstić information content (AvgIpc) is 2.57. The molecule has 0 amide bonds. The summed E-state index contributed by atoms with van der Waals surface area (Å²) >= 11 is 0. The van der Waals surface area contributed by atoms with Gasteiger partial charge in [-0.05, 0) is 23.6 Å². The molecule has 0 aliphatic heterocycles. The maximum Gasteiger partial charge on any atom is 0.128 e. The highest BCUT2D eigenvalue weighted by atomic mass is 16.5. The minimum atomic E-state index is -0.139. The van der Waals surface area contributed by atoms with Crippen molar-refractivity contribution in [1.29, 1.82) is 0 Å². The van der Waals surface area contributed by atoms with Gasteiger partial charge in [0.15, 0.2) is 0 Å². The van der Waals surface area contributed by atoms with Crippen LogP contribution in [0.1, 0.15) is 12.5 Å². The number of hydrogen-bond acceptors (Lipinski definition) is 4. The van der Waals surface area contributed by atoms with Gasteiger partial charge in [-0.3, -0.25) is 0 Å². The Kier molecular flexibility index (Phi) is 6.84. The van der Waals surface area contributed by atoms with Crippen LogP contribution in [0.5, 0.6) is 0 Å². The van der Waals surface area contributed by atoms with Gasteiger partial charge in [-0.2, -0.15) is 0 Å². The van der Waals surface area contributed by atoms with Crippen LogP contribution in [0, 0.1) is 5.92 Å². The van der Waals surface area contributed by atoms with Crippen molar-refractivity contribution < 1.29 is 18.9 Å². The molecule has 1 aliphatic rings. The predicted molar refractivity (Wildman–Crippen MR) is 90.1 cm³/mol. The third-order valence-corrected chi connectivity index (χ3v) is 4.09. The SMILES string of the molecule is COCC1C(COCc2ccccc2)=CC(C)=C(OC)C1OC. The lowest BCUT2D eigenvalue weighted by Gasteiger charge is -2.33. The molecule has 2 rings (SSSR count). The van der Waals surface area contributed by atoms with Gasteiger partial charge < -0.3 is 18.9 Å². The lowest BCUT2D eigenvalue weighted by atomic mass is 9.85. The number of methoxy groups -OCH3 is 3. The summed E-state index contributed by atoms with van der Waals surface area (Å²) in [7, 11) is 5.08. The standard InChI is InChI=1S/C19H26O4/c1-14-10-16(12-23-11-15-8-6-5-7-9-15)17(13-20-2)19(22-4)18(14)21-3/h5-10,17,19H,11-13H2,1-4H3. The van der Waals surface area contributed by atoms with Crippen molar-refractivity contribution >= 4 is 0 Å². The van der Waals surface area contributed by atoms with E-state index in [9.17, 15) is 0 Å². The fourth-order valence-corrected chi connectivity index (χ4v) is 2.99. The first kappa shape index (κ1) is 17.7. The van der Waals surface area contributed by atoms with Gasteiger partial charge in [-0.25, -0.2) is 0 Å². The molecule has 0 fully saturated rings. The van der Waals surface area contributed by atoms with E-state index < -0.39 is 0 Å². The molecule has 0 bridgehead atoms. The van der Waals surface area contributed by atoms with Gasteiger partial charge in [0.05, 0.1) is 26.9 Å². The van der Waals surface area contributed by atoms with Gasteiger partial charge in [-0.1, -0.05) is 36.4 Å². The van der Waals surface area contributed by atoms with Crippen molar-refractivity contribution in [3.05, 3.63) is 58.9 Å². The van der Waals surface area contributed by atoms with Crippen LogP contribution in [-0.2, 0) is 25.6 Å². The Bertz CT molecular complexity index is 548. The molecule has 0 heterocycles. The molecular formula is C19H26O4. The van der Waals surface area contributed by atoms with E-state index in [1.54, 1.807) is 21.3 Å². The third-order valence-electron chi connectivity index (χ3n) is 4.09. The lowest BCUT2D eigenvalue weighted by molar-refractivity contribution is 0.00834. The van der Waals surface area contributed by atoms with E-state index in [0.717, 1.165) is 11.3 Å². The van der Waals surface area contributed by atoms with Crippen LogP contribution >= 0.6 is 0 Å². The minimum Gasteiger partial charge on any atom is -0.498 e. The van der Waals surface area contributed by atoms with E-state index >= 15 is 0 Å². The van der Waals surface area contributed by atoms with E-state index in [1.165, 1.54) is 11.1 Å². The maximum absolute atomic E-state index is 5.90. The van der Waals surface area contributed by atoms with Crippen LogP contribution in [0.25, 0.3) is 0 Å². The van der Waals surface area contributed by atoms with Crippen molar-refractivity contribution in [2.45, 2.75) is 19.6 Å². The van der Waals surface area contributed by atoms with Crippen LogP contribution in [0.2, 0.25) is 0 Å². The zero-order chi connectivity index (χ0) is 16.7. The zero-order valence-corrected chi connectivity index (χ0v) is 14.4. The van der Waals surface area contributed by atoms with E-state index in [1.807, 2.05) is 25.1 Å². The second-order valence-electron chi connectivity index (χ2n) is 5.67. The molecule has 2 atom stereocenters. The van der Waals surface area contributed by atoms with Gasteiger partial charge in [0, 0.05) is 20.1 Å². The molecule has 0 radical (unpaired) electrons. The molecule has 0 aromatic heterocycles. The Morgan fingerprint density at radius 3 is 2.35 bits per heavy atom. The van der Waals surface area contributed by atoms with E-state index in [4.69, 9.17) is 18.9 Å². The largest absolute Gasteiger partial charge is 0.498 e. The average molecular weight is 318 g/mol. The van der Waals surface area contributed by atoms with E-state index in [0.29, 0.717) is 19.8 Å². The number of benzene rings is 1. The number of rotatable bonds is 8. The Balaban J connectivity index is 2.08. The molecule has 0 spiro atoms. The molecule has 4 nitrogen and oxygen atoms in total. The van der Waals surface area contributed by atoms with E-state index in [2.05, 4.69) is 18.2 Å². The van der Waals surface area contributed by atoms with Gasteiger partial charge in [-0.15, -0.1) is 0 Å². The van der Waals surface area contributed by atoms with Crippen LogP contribution in [0.3, 0.4) is 0 Å². The molecule has 0 saturated heterocycles. The van der Waals surface area contributed by atoms with Gasteiger partial charge in [0.1, 0.15) is 11.9 Å². The Labute approximate surface area is 138 Å². The molecule has 1 aromatic rings. The maximum atomic E-state index is 5.90. The van der Waals surface area contributed by atoms with Crippen LogP contribution in [0.15, 0.2) is 53.3 Å². The first-order chi connectivity index (χ1) is 11.2. The molecule has 126 valence electrons. The van der Waals surface area contributed by atoms with Crippen LogP contribution in [0.4, 0.5) is 0 Å². The third kappa shape index (κ3) is 4.44. The smallest absolute Gasteiger partial charge is 0.128 e. The lowest BCUT2D eigenvalue weighted by Crippen LogP contribution is -2.35. The van der Waals surface area contributed by atoms with Crippen molar-refractivity contribution in [1.82, 2.24) is 0 Å². The summed E-state index contributed by atoms with van der Waals surface area (Å²) in [6.07, 6.45) is 1.99. The number of hydrogen-bond donors (Lipinski definition) is 0. The highest BCUT2D eigenvalue weighted by Crippen LogP contribution is 2.32. The molecule has 1 aliphatic carbocycles. The van der Waals surface area contributed by atoms with Gasteiger partial charge >= 0.3 is 0 Å². The van der Waals surface area contributed by atoms with Crippen LogP contribution in [-0.4, -0.2) is 40.6 Å². The van der Waals surface area contributed by atoms with Crippen molar-refractivity contribution in [2.75, 3.05) is 34.5 Å². The minimum absolute atomic E-state index is 0.0967. The molecule has 4 heteroatoms. The predicted octanol–water partition coefficient (Wildman–Crippen LogP) is 3.34. The highest BCUT2D eigenvalue weighted by molar-refractivity contribution is 5.35. The topological polar surface area (TPSA) is 36.9 Å². The first-order valence-corrected chi connectivity index (χ1v) is 7.79. The van der Waals surface area contributed by atoms with Crippen molar-refractivity contribution in [2.24, 2.45) is 5.92 Å². The van der Waals surface area contributed by atoms with Crippen molar-refractivity contribution in [3.63, 3.8) is 0 Å². The Morgan fingerprint density at radius 2 is 1.74 bits per heavy atom. The second-order valence-corrected chi connectivity index (χ2v) is 5.67. The zero-order valence-electron chi connectivity index (χ0n) is 14.4. The Morgan fingerprint density at radius 1 is 1.00 bits per heavy atom. The quantitative estimate of drug-likeness (QED) is 0.737. The summed E-state index contributed by atoms with van der Waals surface area (Å²) in [6.45, 7) is 3.75. The summed E-state index contributed by atoms with van der Waals surface area (Å²) in [5, 5.41) is 0. The number of allylic oxidation sites excluding steroid dienone is 2. The fourth-order valence-electron chi connectivity index (χ4n) is 2.99. The molecular weight excluding hydrogens is 292 g/mol. The van der Waals surface area contributed by atoms with Crippen LogP contribution < -0.4 is 0 Å². The Hall–Kier alpha value is -1.62. The number of ether oxygens (including phenoxy) is 4. The van der Waals surface area contributed by atoms with Crippen molar-refractivity contribution in [3.8, 4) is 0 Å². The molecule has 0 saturated carbocycles. The van der Waals surface area contributed by atoms with Gasteiger partial charge in [0.2, 0.25) is 0 Å². The highest BCUT2D eigenvalue weighted by Gasteiger charge is 2.33. The second kappa shape index (κ2) is 8.87. The molecule has 1 aromatic carbocycles. The summed E-state index contributed by atoms with van der Waals surface area (Å²) in [6, 6.07) is 10.2.